The second kappa shape index (κ2) is 7.59. The maximum Gasteiger partial charge on any atom is 0.266 e. The molecule has 2 saturated heterocycles. The first-order valence-electron chi connectivity index (χ1n) is 7.72. The smallest absolute Gasteiger partial charge is 0.266 e. The summed E-state index contributed by atoms with van der Waals surface area (Å²) >= 11 is 8.21. The number of carbonyl (C=O) groups is 2. The number of thiocarbonyl (C=S) groups is 1. The van der Waals surface area contributed by atoms with Crippen molar-refractivity contribution in [2.75, 3.05) is 19.6 Å². The average Bonchev–Trinajstić information content (AvgIpc) is 3.16. The predicted molar refractivity (Wildman–Crippen MR) is 99.2 cm³/mol. The van der Waals surface area contributed by atoms with E-state index in [2.05, 4.69) is 0 Å². The summed E-state index contributed by atoms with van der Waals surface area (Å²) in [6.07, 6.45) is 5.58. The van der Waals surface area contributed by atoms with Crippen LogP contribution in [-0.4, -0.2) is 45.6 Å². The molecule has 0 saturated carbocycles. The topological polar surface area (TPSA) is 40.6 Å². The van der Waals surface area contributed by atoms with E-state index in [9.17, 15) is 9.59 Å². The number of carbonyl (C=O) groups excluding carboxylic acids is 2. The van der Waals surface area contributed by atoms with Gasteiger partial charge in [-0.25, -0.2) is 0 Å². The van der Waals surface area contributed by atoms with Crippen LogP contribution in [0.2, 0.25) is 0 Å². The van der Waals surface area contributed by atoms with Crippen LogP contribution in [0.4, 0.5) is 0 Å². The molecule has 2 aliphatic heterocycles. The third kappa shape index (κ3) is 4.02. The number of hydrogen-bond acceptors (Lipinski definition) is 5. The summed E-state index contributed by atoms with van der Waals surface area (Å²) in [6, 6.07) is 3.92. The Morgan fingerprint density at radius 1 is 1.30 bits per heavy atom. The van der Waals surface area contributed by atoms with E-state index in [1.54, 1.807) is 16.2 Å². The molecule has 0 unspecified atom stereocenters. The molecule has 4 nitrogen and oxygen atoms in total. The van der Waals surface area contributed by atoms with Crippen LogP contribution in [0.15, 0.2) is 22.4 Å². The minimum atomic E-state index is -0.0835. The van der Waals surface area contributed by atoms with E-state index in [1.807, 2.05) is 28.5 Å². The quantitative estimate of drug-likeness (QED) is 0.605. The van der Waals surface area contributed by atoms with Gasteiger partial charge < -0.3 is 4.90 Å². The Hall–Kier alpha value is -1.18. The van der Waals surface area contributed by atoms with Crippen LogP contribution in [-0.2, 0) is 9.59 Å². The van der Waals surface area contributed by atoms with Gasteiger partial charge in [0.15, 0.2) is 0 Å². The Morgan fingerprint density at radius 3 is 2.78 bits per heavy atom. The van der Waals surface area contributed by atoms with Crippen molar-refractivity contribution in [2.24, 2.45) is 0 Å². The molecule has 0 radical (unpaired) electrons. The van der Waals surface area contributed by atoms with E-state index in [0.717, 1.165) is 30.8 Å². The fraction of sp³-hybridized carbons (Fsp3) is 0.438. The molecule has 1 aromatic rings. The summed E-state index contributed by atoms with van der Waals surface area (Å²) in [4.78, 5) is 29.8. The molecule has 0 N–H and O–H groups in total. The van der Waals surface area contributed by atoms with E-state index in [-0.39, 0.29) is 11.8 Å². The van der Waals surface area contributed by atoms with Crippen molar-refractivity contribution in [3.8, 4) is 0 Å². The lowest BCUT2D eigenvalue weighted by Crippen LogP contribution is -2.38. The van der Waals surface area contributed by atoms with E-state index in [0.29, 0.717) is 22.2 Å². The number of nitrogens with zero attached hydrogens (tertiary/aromatic N) is 2. The highest BCUT2D eigenvalue weighted by Crippen LogP contribution is 2.33. The predicted octanol–water partition coefficient (Wildman–Crippen LogP) is 3.35. The largest absolute Gasteiger partial charge is 0.343 e. The molecule has 23 heavy (non-hydrogen) atoms. The molecular formula is C16H18N2O2S3. The lowest BCUT2D eigenvalue weighted by Gasteiger charge is -2.27. The monoisotopic (exact) mass is 366 g/mol. The molecule has 0 bridgehead atoms. The highest BCUT2D eigenvalue weighted by molar-refractivity contribution is 8.26. The van der Waals surface area contributed by atoms with Gasteiger partial charge in [-0.1, -0.05) is 30.0 Å². The summed E-state index contributed by atoms with van der Waals surface area (Å²) in [5.74, 6) is 0.0424. The van der Waals surface area contributed by atoms with Crippen LogP contribution in [0.5, 0.6) is 0 Å². The molecule has 122 valence electrons. The average molecular weight is 367 g/mol. The normalized spacial score (nSPS) is 20.6. The first-order chi connectivity index (χ1) is 11.1. The molecule has 0 spiro atoms. The molecule has 3 rings (SSSR count). The van der Waals surface area contributed by atoms with Gasteiger partial charge >= 0.3 is 0 Å². The van der Waals surface area contributed by atoms with Crippen molar-refractivity contribution in [1.82, 2.24) is 9.80 Å². The van der Waals surface area contributed by atoms with Gasteiger partial charge in [0.1, 0.15) is 4.32 Å². The number of amides is 2. The molecule has 2 amide bonds. The van der Waals surface area contributed by atoms with Crippen molar-refractivity contribution in [1.29, 1.82) is 0 Å². The molecule has 2 fully saturated rings. The van der Waals surface area contributed by atoms with Crippen molar-refractivity contribution in [3.05, 3.63) is 27.3 Å². The Labute approximate surface area is 149 Å². The molecule has 0 atom stereocenters. The number of thiophene rings is 1. The number of rotatable bonds is 4. The zero-order chi connectivity index (χ0) is 16.2. The van der Waals surface area contributed by atoms with Crippen LogP contribution in [0.25, 0.3) is 6.08 Å². The third-order valence-corrected chi connectivity index (χ3v) is 6.15. The second-order valence-electron chi connectivity index (χ2n) is 5.54. The molecule has 0 aliphatic carbocycles. The minimum Gasteiger partial charge on any atom is -0.343 e. The minimum absolute atomic E-state index is 0.0835. The summed E-state index contributed by atoms with van der Waals surface area (Å²) < 4.78 is 0.546. The van der Waals surface area contributed by atoms with E-state index >= 15 is 0 Å². The van der Waals surface area contributed by atoms with Gasteiger partial charge in [0, 0.05) is 30.9 Å². The Morgan fingerprint density at radius 2 is 2.09 bits per heavy atom. The Bertz CT molecular complexity index is 634. The third-order valence-electron chi connectivity index (χ3n) is 3.95. The summed E-state index contributed by atoms with van der Waals surface area (Å²) in [7, 11) is 0. The zero-order valence-electron chi connectivity index (χ0n) is 12.7. The van der Waals surface area contributed by atoms with E-state index in [4.69, 9.17) is 12.2 Å². The summed E-state index contributed by atoms with van der Waals surface area (Å²) in [6.45, 7) is 2.06. The number of likely N-dealkylation sites (tertiary alicyclic amines) is 1. The first-order valence-corrected chi connectivity index (χ1v) is 9.82. The molecule has 3 heterocycles. The van der Waals surface area contributed by atoms with Gasteiger partial charge in [-0.3, -0.25) is 14.5 Å². The van der Waals surface area contributed by atoms with Crippen molar-refractivity contribution >= 4 is 57.5 Å². The highest BCUT2D eigenvalue weighted by Gasteiger charge is 2.32. The summed E-state index contributed by atoms with van der Waals surface area (Å²) in [5, 5.41) is 1.98. The molecular weight excluding hydrogens is 348 g/mol. The van der Waals surface area contributed by atoms with Crippen LogP contribution in [0.3, 0.4) is 0 Å². The van der Waals surface area contributed by atoms with Gasteiger partial charge in [0.25, 0.3) is 5.91 Å². The highest BCUT2D eigenvalue weighted by atomic mass is 32.2. The standard InChI is InChI=1S/C16H18N2O2S3/c19-14(17-7-2-1-3-8-17)6-9-18-15(20)13(23-16(18)21)11-12-5-4-10-22-12/h4-5,10-11H,1-3,6-9H2/b13-11+. The zero-order valence-corrected chi connectivity index (χ0v) is 15.1. The lowest BCUT2D eigenvalue weighted by atomic mass is 10.1. The Kier molecular flexibility index (Phi) is 5.50. The van der Waals surface area contributed by atoms with Gasteiger partial charge in [-0.2, -0.15) is 0 Å². The number of thioether (sulfide) groups is 1. The van der Waals surface area contributed by atoms with Gasteiger partial charge in [-0.05, 0) is 36.8 Å². The molecule has 0 aromatic carbocycles. The van der Waals surface area contributed by atoms with Crippen molar-refractivity contribution < 1.29 is 9.59 Å². The molecule has 7 heteroatoms. The number of piperidine rings is 1. The van der Waals surface area contributed by atoms with Crippen LogP contribution >= 0.6 is 35.3 Å². The van der Waals surface area contributed by atoms with Crippen LogP contribution in [0.1, 0.15) is 30.6 Å². The van der Waals surface area contributed by atoms with Crippen LogP contribution in [0, 0.1) is 0 Å². The van der Waals surface area contributed by atoms with Crippen molar-refractivity contribution in [3.63, 3.8) is 0 Å². The van der Waals surface area contributed by atoms with Gasteiger partial charge in [-0.15, -0.1) is 11.3 Å². The molecule has 2 aliphatic rings. The van der Waals surface area contributed by atoms with E-state index in [1.165, 1.54) is 18.2 Å². The molecule has 1 aromatic heterocycles. The van der Waals surface area contributed by atoms with Crippen LogP contribution < -0.4 is 0 Å². The number of hydrogen-bond donors (Lipinski definition) is 0. The van der Waals surface area contributed by atoms with Gasteiger partial charge in [0.2, 0.25) is 5.91 Å². The SMILES string of the molecule is O=C(CCN1C(=O)/C(=C\c2cccs2)SC1=S)N1CCCCC1. The maximum atomic E-state index is 12.5. The fourth-order valence-corrected chi connectivity index (χ4v) is 4.74. The first kappa shape index (κ1) is 16.7. The maximum absolute atomic E-state index is 12.5. The second-order valence-corrected chi connectivity index (χ2v) is 8.20. The van der Waals surface area contributed by atoms with E-state index < -0.39 is 0 Å². The Balaban J connectivity index is 1.58. The summed E-state index contributed by atoms with van der Waals surface area (Å²) in [5.41, 5.74) is 0. The van der Waals surface area contributed by atoms with Gasteiger partial charge in [0.05, 0.1) is 4.91 Å². The fourth-order valence-electron chi connectivity index (χ4n) is 2.70. The lowest BCUT2D eigenvalue weighted by molar-refractivity contribution is -0.132. The van der Waals surface area contributed by atoms with Crippen molar-refractivity contribution in [2.45, 2.75) is 25.7 Å².